The van der Waals surface area contributed by atoms with Crippen LogP contribution in [0.3, 0.4) is 0 Å². The number of aromatic nitrogens is 2. The molecule has 144 valence electrons. The van der Waals surface area contributed by atoms with Crippen LogP contribution < -0.4 is 5.32 Å². The van der Waals surface area contributed by atoms with Crippen molar-refractivity contribution in [1.82, 2.24) is 20.0 Å². The van der Waals surface area contributed by atoms with Crippen LogP contribution in [0.5, 0.6) is 0 Å². The maximum absolute atomic E-state index is 13.2. The second-order valence-corrected chi connectivity index (χ2v) is 8.38. The number of fused-ring (bicyclic) bond motifs is 1. The van der Waals surface area contributed by atoms with Crippen LogP contribution in [0.2, 0.25) is 0 Å². The van der Waals surface area contributed by atoms with Gasteiger partial charge in [-0.1, -0.05) is 25.7 Å². The SMILES string of the molecule is CCn1nc(C(=O)N2CCCCCC2)c2c1CC[C@@H](NC1CCCC1)C2. The number of rotatable bonds is 4. The molecule has 3 aliphatic rings. The average Bonchev–Trinajstić information content (AvgIpc) is 3.20. The Kier molecular flexibility index (Phi) is 5.63. The molecule has 1 aromatic heterocycles. The minimum absolute atomic E-state index is 0.178. The molecule has 5 nitrogen and oxygen atoms in total. The zero-order valence-electron chi connectivity index (χ0n) is 16.3. The van der Waals surface area contributed by atoms with E-state index in [-0.39, 0.29) is 5.91 Å². The average molecular weight is 359 g/mol. The first kappa shape index (κ1) is 18.0. The van der Waals surface area contributed by atoms with E-state index in [2.05, 4.69) is 21.8 Å². The maximum atomic E-state index is 13.2. The van der Waals surface area contributed by atoms with Gasteiger partial charge in [-0.3, -0.25) is 9.48 Å². The van der Waals surface area contributed by atoms with Gasteiger partial charge in [0.05, 0.1) is 0 Å². The van der Waals surface area contributed by atoms with Gasteiger partial charge in [-0.25, -0.2) is 0 Å². The number of nitrogens with zero attached hydrogens (tertiary/aromatic N) is 3. The van der Waals surface area contributed by atoms with Gasteiger partial charge in [-0.05, 0) is 51.9 Å². The molecule has 26 heavy (non-hydrogen) atoms. The van der Waals surface area contributed by atoms with Gasteiger partial charge in [-0.15, -0.1) is 0 Å². The molecule has 1 aromatic rings. The Morgan fingerprint density at radius 1 is 1.04 bits per heavy atom. The van der Waals surface area contributed by atoms with Crippen molar-refractivity contribution in [3.05, 3.63) is 17.0 Å². The van der Waals surface area contributed by atoms with Gasteiger partial charge < -0.3 is 10.2 Å². The number of amides is 1. The zero-order valence-corrected chi connectivity index (χ0v) is 16.3. The Morgan fingerprint density at radius 2 is 1.77 bits per heavy atom. The summed E-state index contributed by atoms with van der Waals surface area (Å²) < 4.78 is 2.09. The summed E-state index contributed by atoms with van der Waals surface area (Å²) in [6.45, 7) is 4.79. The fourth-order valence-electron chi connectivity index (χ4n) is 5.11. The quantitative estimate of drug-likeness (QED) is 0.898. The maximum Gasteiger partial charge on any atom is 0.274 e. The molecule has 2 fully saturated rings. The van der Waals surface area contributed by atoms with Crippen LogP contribution in [0.15, 0.2) is 0 Å². The summed E-state index contributed by atoms with van der Waals surface area (Å²) in [6, 6.07) is 1.20. The lowest BCUT2D eigenvalue weighted by atomic mass is 9.90. The highest BCUT2D eigenvalue weighted by atomic mass is 16.2. The van der Waals surface area contributed by atoms with Crippen LogP contribution in [0.25, 0.3) is 0 Å². The van der Waals surface area contributed by atoms with Crippen LogP contribution in [0.1, 0.15) is 86.5 Å². The molecule has 1 N–H and O–H groups in total. The van der Waals surface area contributed by atoms with E-state index in [4.69, 9.17) is 5.10 Å². The monoisotopic (exact) mass is 358 g/mol. The molecule has 0 unspecified atom stereocenters. The summed E-state index contributed by atoms with van der Waals surface area (Å²) in [5, 5.41) is 8.66. The number of hydrogen-bond donors (Lipinski definition) is 1. The molecule has 0 spiro atoms. The smallest absolute Gasteiger partial charge is 0.274 e. The van der Waals surface area contributed by atoms with Crippen LogP contribution in [0, 0.1) is 0 Å². The number of carbonyl (C=O) groups is 1. The molecular weight excluding hydrogens is 324 g/mol. The van der Waals surface area contributed by atoms with Crippen molar-refractivity contribution in [3.63, 3.8) is 0 Å². The van der Waals surface area contributed by atoms with Gasteiger partial charge >= 0.3 is 0 Å². The van der Waals surface area contributed by atoms with Crippen LogP contribution in [0.4, 0.5) is 0 Å². The summed E-state index contributed by atoms with van der Waals surface area (Å²) in [5.74, 6) is 0.178. The minimum atomic E-state index is 0.178. The van der Waals surface area contributed by atoms with Crippen molar-refractivity contribution < 1.29 is 4.79 Å². The predicted octanol–water partition coefficient (Wildman–Crippen LogP) is 3.31. The molecular formula is C21H34N4O. The Morgan fingerprint density at radius 3 is 2.46 bits per heavy atom. The molecule has 0 radical (unpaired) electrons. The molecule has 4 rings (SSSR count). The third-order valence-corrected chi connectivity index (χ3v) is 6.57. The summed E-state index contributed by atoms with van der Waals surface area (Å²) in [5.41, 5.74) is 3.31. The van der Waals surface area contributed by atoms with Gasteiger partial charge in [0, 0.05) is 43.0 Å². The normalized spacial score (nSPS) is 24.5. The second kappa shape index (κ2) is 8.12. The molecule has 2 heterocycles. The standard InChI is InChI=1S/C21H34N4O/c1-2-25-19-12-11-17(22-16-9-5-6-10-16)15-18(19)20(23-25)21(26)24-13-7-3-4-8-14-24/h16-17,22H,2-15H2,1H3/t17-/m1/s1. The van der Waals surface area contributed by atoms with Crippen molar-refractivity contribution >= 4 is 5.91 Å². The van der Waals surface area contributed by atoms with E-state index in [0.717, 1.165) is 51.0 Å². The van der Waals surface area contributed by atoms with Gasteiger partial charge in [-0.2, -0.15) is 5.10 Å². The first-order chi connectivity index (χ1) is 12.8. The molecule has 0 bridgehead atoms. The predicted molar refractivity (Wildman–Crippen MR) is 103 cm³/mol. The van der Waals surface area contributed by atoms with Crippen LogP contribution in [-0.2, 0) is 19.4 Å². The summed E-state index contributed by atoms with van der Waals surface area (Å²) in [6.07, 6.45) is 13.3. The fourth-order valence-corrected chi connectivity index (χ4v) is 5.11. The van der Waals surface area contributed by atoms with Crippen molar-refractivity contribution in [1.29, 1.82) is 0 Å². The van der Waals surface area contributed by atoms with E-state index < -0.39 is 0 Å². The Hall–Kier alpha value is -1.36. The summed E-state index contributed by atoms with van der Waals surface area (Å²) in [7, 11) is 0. The van der Waals surface area contributed by atoms with Crippen LogP contribution in [-0.4, -0.2) is 45.8 Å². The minimum Gasteiger partial charge on any atom is -0.337 e. The van der Waals surface area contributed by atoms with E-state index >= 15 is 0 Å². The number of aryl methyl sites for hydroxylation is 1. The first-order valence-electron chi connectivity index (χ1n) is 10.9. The highest BCUT2D eigenvalue weighted by Gasteiger charge is 2.32. The summed E-state index contributed by atoms with van der Waals surface area (Å²) in [4.78, 5) is 15.3. The highest BCUT2D eigenvalue weighted by Crippen LogP contribution is 2.28. The third-order valence-electron chi connectivity index (χ3n) is 6.57. The molecule has 5 heteroatoms. The van der Waals surface area contributed by atoms with E-state index in [1.165, 1.54) is 56.2 Å². The number of carbonyl (C=O) groups excluding carboxylic acids is 1. The van der Waals surface area contributed by atoms with Crippen molar-refractivity contribution in [2.75, 3.05) is 13.1 Å². The molecule has 1 amide bonds. The van der Waals surface area contributed by atoms with Gasteiger partial charge in [0.25, 0.3) is 5.91 Å². The first-order valence-corrected chi connectivity index (χ1v) is 10.9. The lowest BCUT2D eigenvalue weighted by molar-refractivity contribution is 0.0753. The Bertz CT molecular complexity index is 624. The molecule has 1 atom stereocenters. The van der Waals surface area contributed by atoms with E-state index in [0.29, 0.717) is 12.1 Å². The topological polar surface area (TPSA) is 50.2 Å². The van der Waals surface area contributed by atoms with Gasteiger partial charge in [0.1, 0.15) is 0 Å². The number of hydrogen-bond acceptors (Lipinski definition) is 3. The largest absolute Gasteiger partial charge is 0.337 e. The molecule has 1 saturated carbocycles. The van der Waals surface area contributed by atoms with Crippen molar-refractivity contribution in [2.24, 2.45) is 0 Å². The molecule has 2 aliphatic carbocycles. The van der Waals surface area contributed by atoms with Crippen LogP contribution >= 0.6 is 0 Å². The van der Waals surface area contributed by atoms with E-state index in [9.17, 15) is 4.79 Å². The van der Waals surface area contributed by atoms with Gasteiger partial charge in [0.15, 0.2) is 5.69 Å². The van der Waals surface area contributed by atoms with Gasteiger partial charge in [0.2, 0.25) is 0 Å². The third kappa shape index (κ3) is 3.68. The number of likely N-dealkylation sites (tertiary alicyclic amines) is 1. The van der Waals surface area contributed by atoms with E-state index in [1.54, 1.807) is 0 Å². The zero-order chi connectivity index (χ0) is 17.9. The Labute approximate surface area is 157 Å². The fraction of sp³-hybridized carbons (Fsp3) is 0.810. The second-order valence-electron chi connectivity index (χ2n) is 8.38. The molecule has 0 aromatic carbocycles. The Balaban J connectivity index is 1.54. The van der Waals surface area contributed by atoms with Crippen molar-refractivity contribution in [2.45, 2.75) is 96.2 Å². The molecule has 1 aliphatic heterocycles. The highest BCUT2D eigenvalue weighted by molar-refractivity contribution is 5.94. The number of nitrogens with one attached hydrogen (secondary N) is 1. The summed E-state index contributed by atoms with van der Waals surface area (Å²) >= 11 is 0. The lowest BCUT2D eigenvalue weighted by Gasteiger charge is -2.28. The van der Waals surface area contributed by atoms with E-state index in [1.807, 2.05) is 0 Å². The lowest BCUT2D eigenvalue weighted by Crippen LogP contribution is -2.41. The molecule has 1 saturated heterocycles. The van der Waals surface area contributed by atoms with Crippen molar-refractivity contribution in [3.8, 4) is 0 Å².